The smallest absolute Gasteiger partial charge is 0.335 e. The van der Waals surface area contributed by atoms with Crippen molar-refractivity contribution in [3.8, 4) is 0 Å². The first-order valence-corrected chi connectivity index (χ1v) is 8.53. The van der Waals surface area contributed by atoms with Crippen LogP contribution in [0.25, 0.3) is 0 Å². The zero-order chi connectivity index (χ0) is 15.1. The van der Waals surface area contributed by atoms with E-state index in [1.165, 1.54) is 0 Å². The highest BCUT2D eigenvalue weighted by atomic mass is 32.2. The van der Waals surface area contributed by atoms with Crippen LogP contribution in [0.1, 0.15) is 15.9 Å². The summed E-state index contributed by atoms with van der Waals surface area (Å²) in [6.45, 7) is 0. The molecule has 21 heavy (non-hydrogen) atoms. The third-order valence-electron chi connectivity index (χ3n) is 2.75. The molecule has 0 spiro atoms. The van der Waals surface area contributed by atoms with Crippen molar-refractivity contribution in [2.75, 3.05) is 6.26 Å². The Balaban J connectivity index is 2.11. The van der Waals surface area contributed by atoms with E-state index in [1.807, 2.05) is 48.7 Å². The summed E-state index contributed by atoms with van der Waals surface area (Å²) in [6.07, 6.45) is 1.97. The summed E-state index contributed by atoms with van der Waals surface area (Å²) in [4.78, 5) is 15.7. The van der Waals surface area contributed by atoms with E-state index in [0.29, 0.717) is 11.3 Å². The van der Waals surface area contributed by atoms with Crippen LogP contribution >= 0.6 is 23.5 Å². The second-order valence-electron chi connectivity index (χ2n) is 4.17. The monoisotopic (exact) mass is 317 g/mol. The van der Waals surface area contributed by atoms with Gasteiger partial charge in [0, 0.05) is 5.75 Å². The number of aromatic carboxylic acids is 1. The van der Waals surface area contributed by atoms with Crippen LogP contribution in [0, 0.1) is 0 Å². The van der Waals surface area contributed by atoms with Gasteiger partial charge in [0.1, 0.15) is 4.38 Å². The van der Waals surface area contributed by atoms with Crippen LogP contribution in [0.15, 0.2) is 59.6 Å². The molecule has 5 heteroatoms. The van der Waals surface area contributed by atoms with Gasteiger partial charge in [0.2, 0.25) is 0 Å². The third kappa shape index (κ3) is 4.65. The Bertz CT molecular complexity index is 642. The first-order chi connectivity index (χ1) is 10.2. The number of aliphatic imine (C=N–C) groups is 1. The molecule has 108 valence electrons. The van der Waals surface area contributed by atoms with Gasteiger partial charge in [0.25, 0.3) is 0 Å². The van der Waals surface area contributed by atoms with Crippen molar-refractivity contribution in [3.63, 3.8) is 0 Å². The first-order valence-electron chi connectivity index (χ1n) is 6.32. The second kappa shape index (κ2) is 7.90. The van der Waals surface area contributed by atoms with Crippen molar-refractivity contribution in [2.45, 2.75) is 5.75 Å². The van der Waals surface area contributed by atoms with E-state index in [1.54, 1.807) is 35.7 Å². The Labute approximate surface area is 132 Å². The summed E-state index contributed by atoms with van der Waals surface area (Å²) >= 11 is 3.11. The normalized spacial score (nSPS) is 11.4. The fourth-order valence-corrected chi connectivity index (χ4v) is 3.28. The minimum Gasteiger partial charge on any atom is -0.478 e. The van der Waals surface area contributed by atoms with Crippen molar-refractivity contribution in [2.24, 2.45) is 4.99 Å². The van der Waals surface area contributed by atoms with Crippen LogP contribution in [0.5, 0.6) is 0 Å². The summed E-state index contributed by atoms with van der Waals surface area (Å²) < 4.78 is 0.918. The van der Waals surface area contributed by atoms with E-state index < -0.39 is 5.97 Å². The summed E-state index contributed by atoms with van der Waals surface area (Å²) in [5, 5.41) is 9.18. The maximum atomic E-state index is 11.2. The third-order valence-corrected chi connectivity index (χ3v) is 4.84. The molecule has 1 N–H and O–H groups in total. The average molecular weight is 317 g/mol. The molecule has 0 atom stereocenters. The molecule has 3 nitrogen and oxygen atoms in total. The predicted molar refractivity (Wildman–Crippen MR) is 91.7 cm³/mol. The second-order valence-corrected chi connectivity index (χ2v) is 6.19. The lowest BCUT2D eigenvalue weighted by Crippen LogP contribution is -2.01. The molecule has 0 saturated carbocycles. The van der Waals surface area contributed by atoms with Crippen molar-refractivity contribution in [3.05, 3.63) is 65.7 Å². The average Bonchev–Trinajstić information content (AvgIpc) is 2.52. The minimum absolute atomic E-state index is 0.352. The molecule has 0 heterocycles. The fourth-order valence-electron chi connectivity index (χ4n) is 1.74. The lowest BCUT2D eigenvalue weighted by molar-refractivity contribution is 0.0696. The van der Waals surface area contributed by atoms with Gasteiger partial charge in [0.05, 0.1) is 11.3 Å². The number of rotatable bonds is 4. The van der Waals surface area contributed by atoms with Crippen molar-refractivity contribution in [1.82, 2.24) is 0 Å². The van der Waals surface area contributed by atoms with Crippen molar-refractivity contribution in [1.29, 1.82) is 0 Å². The van der Waals surface area contributed by atoms with Crippen LogP contribution < -0.4 is 0 Å². The van der Waals surface area contributed by atoms with Gasteiger partial charge in [-0.05, 0) is 30.0 Å². The van der Waals surface area contributed by atoms with Gasteiger partial charge >= 0.3 is 5.97 Å². The molecule has 2 aromatic carbocycles. The number of nitrogens with zero attached hydrogens (tertiary/aromatic N) is 1. The highest BCUT2D eigenvalue weighted by molar-refractivity contribution is 8.38. The summed E-state index contributed by atoms with van der Waals surface area (Å²) in [5.41, 5.74) is 2.07. The standard InChI is InChI=1S/C16H15NO2S2/c1-20-16(17-13-8-3-2-4-9-13)21-11-12-7-5-6-10-14(12)15(18)19/h2-10H,11H2,1H3,(H,18,19). The number of benzene rings is 2. The largest absolute Gasteiger partial charge is 0.478 e. The minimum atomic E-state index is -0.892. The quantitative estimate of drug-likeness (QED) is 0.657. The van der Waals surface area contributed by atoms with E-state index in [2.05, 4.69) is 4.99 Å². The van der Waals surface area contributed by atoms with Crippen LogP contribution in [-0.4, -0.2) is 21.7 Å². The van der Waals surface area contributed by atoms with Gasteiger partial charge in [-0.2, -0.15) is 0 Å². The number of carbonyl (C=O) groups is 1. The van der Waals surface area contributed by atoms with Crippen LogP contribution in [-0.2, 0) is 5.75 Å². The van der Waals surface area contributed by atoms with Crippen LogP contribution in [0.3, 0.4) is 0 Å². The molecule has 0 aromatic heterocycles. The maximum absolute atomic E-state index is 11.2. The predicted octanol–water partition coefficient (Wildman–Crippen LogP) is 4.67. The Kier molecular flexibility index (Phi) is 5.90. The number of para-hydroxylation sites is 1. The van der Waals surface area contributed by atoms with Gasteiger partial charge in [0.15, 0.2) is 0 Å². The molecule has 0 amide bonds. The van der Waals surface area contributed by atoms with Crippen molar-refractivity contribution < 1.29 is 9.90 Å². The SMILES string of the molecule is CSC(=Nc1ccccc1)SCc1ccccc1C(=O)O. The molecule has 0 unspecified atom stereocenters. The van der Waals surface area contributed by atoms with E-state index in [-0.39, 0.29) is 0 Å². The Morgan fingerprint density at radius 2 is 1.76 bits per heavy atom. The Hall–Kier alpha value is -1.72. The van der Waals surface area contributed by atoms with Crippen LogP contribution in [0.4, 0.5) is 5.69 Å². The lowest BCUT2D eigenvalue weighted by atomic mass is 10.1. The van der Waals surface area contributed by atoms with Gasteiger partial charge in [-0.3, -0.25) is 0 Å². The molecule has 2 aromatic rings. The molecule has 0 aliphatic carbocycles. The van der Waals surface area contributed by atoms with Gasteiger partial charge < -0.3 is 5.11 Å². The zero-order valence-corrected chi connectivity index (χ0v) is 13.2. The van der Waals surface area contributed by atoms with E-state index >= 15 is 0 Å². The van der Waals surface area contributed by atoms with E-state index in [9.17, 15) is 9.90 Å². The zero-order valence-electron chi connectivity index (χ0n) is 11.5. The van der Waals surface area contributed by atoms with Gasteiger partial charge in [-0.25, -0.2) is 9.79 Å². The summed E-state index contributed by atoms with van der Waals surface area (Å²) in [7, 11) is 0. The molecule has 0 aliphatic rings. The lowest BCUT2D eigenvalue weighted by Gasteiger charge is -2.06. The molecular formula is C16H15NO2S2. The molecule has 0 fully saturated rings. The Morgan fingerprint density at radius 3 is 2.43 bits per heavy atom. The number of thioether (sulfide) groups is 2. The number of carboxylic acid groups (broad SMARTS) is 1. The fraction of sp³-hybridized carbons (Fsp3) is 0.125. The van der Waals surface area contributed by atoms with Crippen LogP contribution in [0.2, 0.25) is 0 Å². The topological polar surface area (TPSA) is 49.7 Å². The molecule has 0 saturated heterocycles. The molecule has 0 bridgehead atoms. The number of carboxylic acids is 1. The highest BCUT2D eigenvalue weighted by Gasteiger charge is 2.10. The summed E-state index contributed by atoms with van der Waals surface area (Å²) in [6, 6.07) is 16.8. The maximum Gasteiger partial charge on any atom is 0.335 e. The summed E-state index contributed by atoms with van der Waals surface area (Å²) in [5.74, 6) is -0.300. The molecule has 0 aliphatic heterocycles. The van der Waals surface area contributed by atoms with E-state index in [0.717, 1.165) is 15.6 Å². The van der Waals surface area contributed by atoms with Gasteiger partial charge in [-0.1, -0.05) is 48.2 Å². The first kappa shape index (κ1) is 15.7. The molecular weight excluding hydrogens is 302 g/mol. The Morgan fingerprint density at radius 1 is 1.10 bits per heavy atom. The highest BCUT2D eigenvalue weighted by Crippen LogP contribution is 2.25. The van der Waals surface area contributed by atoms with E-state index in [4.69, 9.17) is 0 Å². The molecule has 0 radical (unpaired) electrons. The van der Waals surface area contributed by atoms with Crippen molar-refractivity contribution >= 4 is 39.6 Å². The number of hydrogen-bond donors (Lipinski definition) is 1. The molecule has 2 rings (SSSR count). The van der Waals surface area contributed by atoms with Gasteiger partial charge in [-0.15, -0.1) is 11.8 Å². The number of hydrogen-bond acceptors (Lipinski definition) is 4.